The van der Waals surface area contributed by atoms with Crippen LogP contribution >= 0.6 is 0 Å². The predicted molar refractivity (Wildman–Crippen MR) is 99.1 cm³/mol. The number of carbonyl (C=O) groups is 1. The fourth-order valence-corrected chi connectivity index (χ4v) is 3.90. The first-order valence-electron chi connectivity index (χ1n) is 9.42. The first kappa shape index (κ1) is 17.3. The molecule has 0 spiro atoms. The highest BCUT2D eigenvalue weighted by Gasteiger charge is 2.31. The smallest absolute Gasteiger partial charge is 0.238 e. The molecule has 0 aliphatic carbocycles. The van der Waals surface area contributed by atoms with E-state index in [2.05, 4.69) is 33.2 Å². The van der Waals surface area contributed by atoms with E-state index < -0.39 is 0 Å². The number of carbonyl (C=O) groups excluding carboxylic acids is 1. The fourth-order valence-electron chi connectivity index (χ4n) is 3.90. The molecule has 1 aromatic carbocycles. The van der Waals surface area contributed by atoms with E-state index in [4.69, 9.17) is 4.42 Å². The fraction of sp³-hybridized carbons (Fsp3) is 0.450. The molecule has 138 valence electrons. The summed E-state index contributed by atoms with van der Waals surface area (Å²) in [5, 5.41) is 3.12. The van der Waals surface area contributed by atoms with Gasteiger partial charge in [0.1, 0.15) is 11.8 Å². The van der Waals surface area contributed by atoms with E-state index in [-0.39, 0.29) is 24.0 Å². The highest BCUT2D eigenvalue weighted by Crippen LogP contribution is 2.25. The van der Waals surface area contributed by atoms with Crippen LogP contribution in [-0.4, -0.2) is 36.5 Å². The minimum absolute atomic E-state index is 0.0340. The second kappa shape index (κ2) is 8.03. The molecule has 26 heavy (non-hydrogen) atoms. The van der Waals surface area contributed by atoms with Crippen LogP contribution in [0.2, 0.25) is 0 Å². The third kappa shape index (κ3) is 3.82. The van der Waals surface area contributed by atoms with Gasteiger partial charge in [-0.1, -0.05) is 30.3 Å². The third-order valence-corrected chi connectivity index (χ3v) is 5.34. The van der Waals surface area contributed by atoms with Crippen LogP contribution in [0.5, 0.6) is 0 Å². The first-order valence-corrected chi connectivity index (χ1v) is 9.42. The molecule has 2 aromatic rings. The van der Waals surface area contributed by atoms with Gasteiger partial charge < -0.3 is 9.73 Å². The molecule has 6 nitrogen and oxygen atoms in total. The van der Waals surface area contributed by atoms with Gasteiger partial charge in [-0.25, -0.2) is 10.9 Å². The Hall–Kier alpha value is -2.15. The maximum absolute atomic E-state index is 12.6. The van der Waals surface area contributed by atoms with Crippen molar-refractivity contribution in [3.8, 4) is 0 Å². The Morgan fingerprint density at radius 1 is 1.15 bits per heavy atom. The Kier molecular flexibility index (Phi) is 5.34. The van der Waals surface area contributed by atoms with Crippen LogP contribution in [0.3, 0.4) is 0 Å². The lowest BCUT2D eigenvalue weighted by Crippen LogP contribution is -2.45. The predicted octanol–water partition coefficient (Wildman–Crippen LogP) is 2.14. The summed E-state index contributed by atoms with van der Waals surface area (Å²) in [4.78, 5) is 15.0. The van der Waals surface area contributed by atoms with Crippen LogP contribution in [0.25, 0.3) is 0 Å². The highest BCUT2D eigenvalue weighted by molar-refractivity contribution is 5.82. The van der Waals surface area contributed by atoms with Gasteiger partial charge in [0.25, 0.3) is 0 Å². The second-order valence-electron chi connectivity index (χ2n) is 7.06. The zero-order valence-electron chi connectivity index (χ0n) is 14.9. The third-order valence-electron chi connectivity index (χ3n) is 5.34. The van der Waals surface area contributed by atoms with Crippen molar-refractivity contribution < 1.29 is 9.21 Å². The molecule has 3 atom stereocenters. The lowest BCUT2D eigenvalue weighted by atomic mass is 10.0. The maximum Gasteiger partial charge on any atom is 0.238 e. The van der Waals surface area contributed by atoms with Crippen molar-refractivity contribution in [2.75, 3.05) is 19.6 Å². The van der Waals surface area contributed by atoms with Gasteiger partial charge in [-0.15, -0.1) is 0 Å². The van der Waals surface area contributed by atoms with Gasteiger partial charge in [0.15, 0.2) is 0 Å². The molecule has 4 rings (SSSR count). The molecule has 2 aliphatic rings. The summed E-state index contributed by atoms with van der Waals surface area (Å²) >= 11 is 0. The number of furan rings is 1. The molecule has 3 heterocycles. The van der Waals surface area contributed by atoms with Crippen LogP contribution in [0, 0.1) is 0 Å². The van der Waals surface area contributed by atoms with Crippen molar-refractivity contribution in [2.24, 2.45) is 0 Å². The molecular formula is C20H26N4O2. The van der Waals surface area contributed by atoms with Crippen molar-refractivity contribution in [1.82, 2.24) is 21.1 Å². The van der Waals surface area contributed by atoms with E-state index in [0.29, 0.717) is 6.54 Å². The molecule has 1 aromatic heterocycles. The van der Waals surface area contributed by atoms with Crippen LogP contribution in [-0.2, 0) is 4.79 Å². The number of hydrogen-bond acceptors (Lipinski definition) is 5. The number of hydrazine groups is 1. The molecule has 0 bridgehead atoms. The van der Waals surface area contributed by atoms with Gasteiger partial charge in [0.2, 0.25) is 5.91 Å². The van der Waals surface area contributed by atoms with Crippen molar-refractivity contribution in [1.29, 1.82) is 0 Å². The Morgan fingerprint density at radius 3 is 2.69 bits per heavy atom. The molecule has 2 saturated heterocycles. The summed E-state index contributed by atoms with van der Waals surface area (Å²) in [5.74, 6) is 0.957. The SMILES string of the molecule is O=C(NCC(c1ccco1)N1CCCC1)C1CC(c2ccccc2)NN1. The summed E-state index contributed by atoms with van der Waals surface area (Å²) in [6.07, 6.45) is 4.86. The molecule has 6 heteroatoms. The Labute approximate surface area is 153 Å². The van der Waals surface area contributed by atoms with E-state index in [1.807, 2.05) is 30.3 Å². The standard InChI is InChI=1S/C20H26N4O2/c25-20(17-13-16(22-23-17)15-7-2-1-3-8-15)21-14-18(19-9-6-12-26-19)24-10-4-5-11-24/h1-3,6-9,12,16-18,22-23H,4-5,10-11,13-14H2,(H,21,25). The largest absolute Gasteiger partial charge is 0.468 e. The van der Waals surface area contributed by atoms with Gasteiger partial charge in [-0.3, -0.25) is 9.69 Å². The van der Waals surface area contributed by atoms with E-state index in [1.165, 1.54) is 18.4 Å². The second-order valence-corrected chi connectivity index (χ2v) is 7.06. The van der Waals surface area contributed by atoms with Crippen molar-refractivity contribution in [3.05, 3.63) is 60.1 Å². The van der Waals surface area contributed by atoms with E-state index >= 15 is 0 Å². The van der Waals surface area contributed by atoms with Crippen LogP contribution in [0.4, 0.5) is 0 Å². The summed E-state index contributed by atoms with van der Waals surface area (Å²) in [5.41, 5.74) is 7.56. The number of nitrogens with one attached hydrogen (secondary N) is 3. The highest BCUT2D eigenvalue weighted by atomic mass is 16.3. The Balaban J connectivity index is 1.34. The molecule has 3 N–H and O–H groups in total. The minimum atomic E-state index is -0.226. The molecule has 2 aliphatic heterocycles. The van der Waals surface area contributed by atoms with Gasteiger partial charge in [-0.2, -0.15) is 0 Å². The number of rotatable bonds is 6. The van der Waals surface area contributed by atoms with E-state index in [9.17, 15) is 4.79 Å². The zero-order valence-corrected chi connectivity index (χ0v) is 14.9. The average Bonchev–Trinajstić information content (AvgIpc) is 3.44. The Bertz CT molecular complexity index is 698. The van der Waals surface area contributed by atoms with Gasteiger partial charge in [-0.05, 0) is 50.0 Å². The molecule has 0 saturated carbocycles. The first-order chi connectivity index (χ1) is 12.8. The Morgan fingerprint density at radius 2 is 1.96 bits per heavy atom. The molecule has 1 amide bonds. The van der Waals surface area contributed by atoms with Gasteiger partial charge >= 0.3 is 0 Å². The molecular weight excluding hydrogens is 328 g/mol. The van der Waals surface area contributed by atoms with E-state index in [0.717, 1.165) is 25.3 Å². The maximum atomic E-state index is 12.6. The number of likely N-dealkylation sites (tertiary alicyclic amines) is 1. The summed E-state index contributed by atoms with van der Waals surface area (Å²) in [6, 6.07) is 14.2. The quantitative estimate of drug-likeness (QED) is 0.742. The van der Waals surface area contributed by atoms with Crippen molar-refractivity contribution >= 4 is 5.91 Å². The molecule has 0 radical (unpaired) electrons. The number of amides is 1. The van der Waals surface area contributed by atoms with Crippen molar-refractivity contribution in [3.63, 3.8) is 0 Å². The molecule has 2 fully saturated rings. The average molecular weight is 354 g/mol. The van der Waals surface area contributed by atoms with Crippen LogP contribution < -0.4 is 16.2 Å². The monoisotopic (exact) mass is 354 g/mol. The van der Waals surface area contributed by atoms with Crippen LogP contribution in [0.15, 0.2) is 53.1 Å². The normalized spacial score (nSPS) is 24.6. The number of hydrogen-bond donors (Lipinski definition) is 3. The van der Waals surface area contributed by atoms with Crippen molar-refractivity contribution in [2.45, 2.75) is 37.4 Å². The van der Waals surface area contributed by atoms with Crippen LogP contribution in [0.1, 0.15) is 42.7 Å². The summed E-state index contributed by atoms with van der Waals surface area (Å²) in [6.45, 7) is 2.68. The lowest BCUT2D eigenvalue weighted by molar-refractivity contribution is -0.123. The lowest BCUT2D eigenvalue weighted by Gasteiger charge is -2.26. The number of nitrogens with zero attached hydrogens (tertiary/aromatic N) is 1. The van der Waals surface area contributed by atoms with Gasteiger partial charge in [0, 0.05) is 12.6 Å². The topological polar surface area (TPSA) is 69.5 Å². The van der Waals surface area contributed by atoms with E-state index in [1.54, 1.807) is 6.26 Å². The number of benzene rings is 1. The summed E-state index contributed by atoms with van der Waals surface area (Å²) < 4.78 is 5.62. The zero-order chi connectivity index (χ0) is 17.8. The minimum Gasteiger partial charge on any atom is -0.468 e. The van der Waals surface area contributed by atoms with Gasteiger partial charge in [0.05, 0.1) is 12.3 Å². The molecule has 3 unspecified atom stereocenters. The summed E-state index contributed by atoms with van der Waals surface area (Å²) in [7, 11) is 0.